The minimum atomic E-state index is -0.325. The zero-order valence-electron chi connectivity index (χ0n) is 20.4. The number of aromatic nitrogens is 2. The minimum Gasteiger partial charge on any atom is -0.488 e. The Balaban J connectivity index is 1.34. The Morgan fingerprint density at radius 3 is 2.58 bits per heavy atom. The quantitative estimate of drug-likeness (QED) is 0.168. The van der Waals surface area contributed by atoms with Crippen LogP contribution in [0.2, 0.25) is 15.1 Å². The van der Waals surface area contributed by atoms with Gasteiger partial charge in [-0.25, -0.2) is 4.98 Å². The van der Waals surface area contributed by atoms with Crippen LogP contribution in [0.5, 0.6) is 5.75 Å². The van der Waals surface area contributed by atoms with Crippen LogP contribution < -0.4 is 10.3 Å². The van der Waals surface area contributed by atoms with E-state index < -0.39 is 0 Å². The van der Waals surface area contributed by atoms with E-state index in [1.165, 1.54) is 4.68 Å². The van der Waals surface area contributed by atoms with Crippen molar-refractivity contribution >= 4 is 78.8 Å². The van der Waals surface area contributed by atoms with E-state index in [1.54, 1.807) is 66.9 Å². The van der Waals surface area contributed by atoms with Gasteiger partial charge in [-0.3, -0.25) is 4.79 Å². The molecule has 0 radical (unpaired) electrons. The number of fused-ring (bicyclic) bond motifs is 2. The van der Waals surface area contributed by atoms with Crippen molar-refractivity contribution in [2.24, 2.45) is 5.10 Å². The number of hydrogen-bond acceptors (Lipinski definition) is 5. The topological polar surface area (TPSA) is 69.6 Å². The minimum absolute atomic E-state index is 0.270. The lowest BCUT2D eigenvalue weighted by Gasteiger charge is -2.10. The third kappa shape index (κ3) is 5.38. The zero-order chi connectivity index (χ0) is 27.8. The summed E-state index contributed by atoms with van der Waals surface area (Å²) in [6.45, 7) is 0.270. The average Bonchev–Trinajstić information content (AvgIpc) is 3.36. The molecule has 0 bridgehead atoms. The number of benzene rings is 4. The molecule has 6 rings (SSSR count). The van der Waals surface area contributed by atoms with Gasteiger partial charge in [0.1, 0.15) is 17.9 Å². The Morgan fingerprint density at radius 1 is 0.950 bits per heavy atom. The SMILES string of the molecule is O=c1c2ccccc2nc(-c2cc3cc(Cl)ccc3o2)n1N=Cc1ccc(OCc2ccc(Cl)cc2Cl)c(Br)c1. The fraction of sp³-hybridized carbons (Fsp3) is 0.0333. The molecule has 0 aliphatic rings. The third-order valence-corrected chi connectivity index (χ3v) is 7.57. The standard InChI is InChI=1S/C30H17BrCl3N3O3/c31-23-11-17(5-9-27(23)39-16-18-6-7-21(33)14-24(18)34)15-35-37-29(36-25-4-2-1-3-22(25)30(37)38)28-13-19-12-20(32)8-10-26(19)40-28/h1-15H,16H2. The van der Waals surface area contributed by atoms with Crippen LogP contribution in [0.3, 0.4) is 0 Å². The monoisotopic (exact) mass is 651 g/mol. The number of para-hydroxylation sites is 1. The van der Waals surface area contributed by atoms with Gasteiger partial charge in [-0.1, -0.05) is 53.0 Å². The first-order valence-corrected chi connectivity index (χ1v) is 13.9. The highest BCUT2D eigenvalue weighted by Gasteiger charge is 2.17. The van der Waals surface area contributed by atoms with Crippen LogP contribution in [0, 0.1) is 0 Å². The first kappa shape index (κ1) is 26.6. The Labute approximate surface area is 251 Å². The van der Waals surface area contributed by atoms with Crippen LogP contribution >= 0.6 is 50.7 Å². The van der Waals surface area contributed by atoms with Crippen molar-refractivity contribution in [2.75, 3.05) is 0 Å². The van der Waals surface area contributed by atoms with E-state index >= 15 is 0 Å². The summed E-state index contributed by atoms with van der Waals surface area (Å²) >= 11 is 21.9. The summed E-state index contributed by atoms with van der Waals surface area (Å²) in [7, 11) is 0. The summed E-state index contributed by atoms with van der Waals surface area (Å²) in [5.74, 6) is 1.28. The number of hydrogen-bond donors (Lipinski definition) is 0. The second-order valence-electron chi connectivity index (χ2n) is 8.82. The lowest BCUT2D eigenvalue weighted by molar-refractivity contribution is 0.304. The summed E-state index contributed by atoms with van der Waals surface area (Å²) in [6.07, 6.45) is 1.57. The molecule has 2 heterocycles. The molecule has 6 aromatic rings. The van der Waals surface area contributed by atoms with Gasteiger partial charge in [-0.2, -0.15) is 9.78 Å². The Morgan fingerprint density at radius 2 is 1.75 bits per heavy atom. The molecule has 0 amide bonds. The lowest BCUT2D eigenvalue weighted by atomic mass is 10.2. The van der Waals surface area contributed by atoms with Crippen LogP contribution in [-0.2, 0) is 6.61 Å². The van der Waals surface area contributed by atoms with Crippen molar-refractivity contribution < 1.29 is 9.15 Å². The molecule has 0 fully saturated rings. The summed E-state index contributed by atoms with van der Waals surface area (Å²) in [4.78, 5) is 18.2. The smallest absolute Gasteiger partial charge is 0.282 e. The molecule has 0 atom stereocenters. The van der Waals surface area contributed by atoms with E-state index in [4.69, 9.17) is 48.9 Å². The number of nitrogens with zero attached hydrogens (tertiary/aromatic N) is 3. The van der Waals surface area contributed by atoms with E-state index in [0.717, 1.165) is 16.5 Å². The summed E-state index contributed by atoms with van der Waals surface area (Å²) in [5, 5.41) is 7.42. The lowest BCUT2D eigenvalue weighted by Crippen LogP contribution is -2.20. The van der Waals surface area contributed by atoms with Gasteiger partial charge in [0.25, 0.3) is 5.56 Å². The average molecular weight is 654 g/mol. The summed E-state index contributed by atoms with van der Waals surface area (Å²) < 4.78 is 13.9. The van der Waals surface area contributed by atoms with E-state index in [2.05, 4.69) is 21.0 Å². The van der Waals surface area contributed by atoms with Crippen LogP contribution in [0.25, 0.3) is 33.5 Å². The Hall–Kier alpha value is -3.62. The first-order valence-electron chi connectivity index (χ1n) is 12.0. The molecule has 198 valence electrons. The summed E-state index contributed by atoms with van der Waals surface area (Å²) in [6, 6.07) is 24.9. The van der Waals surface area contributed by atoms with Gasteiger partial charge in [0.15, 0.2) is 5.76 Å². The van der Waals surface area contributed by atoms with E-state index in [9.17, 15) is 4.79 Å². The molecule has 0 spiro atoms. The van der Waals surface area contributed by atoms with Crippen molar-refractivity contribution in [3.63, 3.8) is 0 Å². The molecule has 0 unspecified atom stereocenters. The van der Waals surface area contributed by atoms with E-state index in [-0.39, 0.29) is 18.0 Å². The van der Waals surface area contributed by atoms with Gasteiger partial charge in [-0.15, -0.1) is 0 Å². The van der Waals surface area contributed by atoms with Gasteiger partial charge in [-0.05, 0) is 88.2 Å². The molecule has 40 heavy (non-hydrogen) atoms. The molecule has 0 aliphatic heterocycles. The molecule has 0 saturated carbocycles. The van der Waals surface area contributed by atoms with Crippen molar-refractivity contribution in [1.82, 2.24) is 9.66 Å². The predicted molar refractivity (Wildman–Crippen MR) is 164 cm³/mol. The molecule has 4 aromatic carbocycles. The van der Waals surface area contributed by atoms with Gasteiger partial charge >= 0.3 is 0 Å². The normalized spacial score (nSPS) is 11.6. The van der Waals surface area contributed by atoms with Crippen LogP contribution in [0.15, 0.2) is 104 Å². The van der Waals surface area contributed by atoms with Crippen LogP contribution in [0.4, 0.5) is 0 Å². The van der Waals surface area contributed by atoms with Crippen molar-refractivity contribution in [2.45, 2.75) is 6.61 Å². The fourth-order valence-electron chi connectivity index (χ4n) is 4.15. The highest BCUT2D eigenvalue weighted by atomic mass is 79.9. The fourth-order valence-corrected chi connectivity index (χ4v) is 5.30. The second kappa shape index (κ2) is 11.1. The largest absolute Gasteiger partial charge is 0.488 e. The third-order valence-electron chi connectivity index (χ3n) is 6.13. The number of furan rings is 1. The maximum atomic E-state index is 13.5. The van der Waals surface area contributed by atoms with Gasteiger partial charge in [0, 0.05) is 26.0 Å². The molecular formula is C30H17BrCl3N3O3. The first-order chi connectivity index (χ1) is 19.4. The van der Waals surface area contributed by atoms with E-state index in [1.807, 2.05) is 24.3 Å². The molecule has 2 aromatic heterocycles. The number of halogens is 4. The molecule has 10 heteroatoms. The van der Waals surface area contributed by atoms with Crippen molar-refractivity contribution in [3.8, 4) is 17.3 Å². The van der Waals surface area contributed by atoms with Crippen LogP contribution in [-0.4, -0.2) is 15.9 Å². The molecule has 0 aliphatic carbocycles. The van der Waals surface area contributed by atoms with Gasteiger partial charge in [0.05, 0.1) is 21.6 Å². The molecule has 6 nitrogen and oxygen atoms in total. The van der Waals surface area contributed by atoms with E-state index in [0.29, 0.717) is 47.5 Å². The number of rotatable bonds is 6. The highest BCUT2D eigenvalue weighted by molar-refractivity contribution is 9.10. The van der Waals surface area contributed by atoms with Gasteiger partial charge in [0.2, 0.25) is 5.82 Å². The maximum Gasteiger partial charge on any atom is 0.282 e. The zero-order valence-corrected chi connectivity index (χ0v) is 24.3. The summed E-state index contributed by atoms with van der Waals surface area (Å²) in [5.41, 5.74) is 2.38. The second-order valence-corrected chi connectivity index (χ2v) is 11.0. The molecule has 0 saturated heterocycles. The van der Waals surface area contributed by atoms with Crippen molar-refractivity contribution in [1.29, 1.82) is 0 Å². The molecule has 0 N–H and O–H groups in total. The maximum absolute atomic E-state index is 13.5. The highest BCUT2D eigenvalue weighted by Crippen LogP contribution is 2.30. The predicted octanol–water partition coefficient (Wildman–Crippen LogP) is 8.99. The van der Waals surface area contributed by atoms with Gasteiger partial charge < -0.3 is 9.15 Å². The van der Waals surface area contributed by atoms with Crippen LogP contribution in [0.1, 0.15) is 11.1 Å². The van der Waals surface area contributed by atoms with Crippen molar-refractivity contribution in [3.05, 3.63) is 126 Å². The Kier molecular flexibility index (Phi) is 7.38. The Bertz CT molecular complexity index is 2000. The molecular weight excluding hydrogens is 637 g/mol. The number of ether oxygens (including phenoxy) is 1.